The zero-order valence-corrected chi connectivity index (χ0v) is 12.0. The van der Waals surface area contributed by atoms with Gasteiger partial charge in [-0.15, -0.1) is 0 Å². The number of nitrogens with one attached hydrogen (secondary N) is 1. The lowest BCUT2D eigenvalue weighted by molar-refractivity contribution is 0.613. The van der Waals surface area contributed by atoms with E-state index in [1.165, 1.54) is 16.7 Å². The third kappa shape index (κ3) is 2.83. The molecule has 0 bridgehead atoms. The number of aryl methyl sites for hydroxylation is 4. The summed E-state index contributed by atoms with van der Waals surface area (Å²) in [7, 11) is 0. The molecule has 3 N–H and O–H groups in total. The van der Waals surface area contributed by atoms with Crippen LogP contribution in [0, 0.1) is 27.7 Å². The molecule has 1 aromatic carbocycles. The fraction of sp³-hybridized carbons (Fsp3) is 0.312. The van der Waals surface area contributed by atoms with Crippen LogP contribution in [0.15, 0.2) is 30.5 Å². The maximum atomic E-state index is 5.76. The number of hydrogen-bond donors (Lipinski definition) is 2. The van der Waals surface area contributed by atoms with Gasteiger partial charge in [0, 0.05) is 6.20 Å². The van der Waals surface area contributed by atoms with E-state index < -0.39 is 0 Å². The van der Waals surface area contributed by atoms with E-state index in [9.17, 15) is 0 Å². The van der Waals surface area contributed by atoms with Crippen LogP contribution >= 0.6 is 0 Å². The number of benzene rings is 1. The van der Waals surface area contributed by atoms with E-state index in [2.05, 4.69) is 55.4 Å². The summed E-state index contributed by atoms with van der Waals surface area (Å²) in [4.78, 5) is 4.55. The highest BCUT2D eigenvalue weighted by atomic mass is 15.2. The molecule has 1 heterocycles. The monoisotopic (exact) mass is 255 g/mol. The maximum Gasteiger partial charge on any atom is 0.0886 e. The summed E-state index contributed by atoms with van der Waals surface area (Å²) >= 11 is 0. The molecule has 0 radical (unpaired) electrons. The normalized spacial score (nSPS) is 12.5. The maximum absolute atomic E-state index is 5.76. The Labute approximate surface area is 114 Å². The first kappa shape index (κ1) is 13.7. The van der Waals surface area contributed by atoms with Gasteiger partial charge in [0.2, 0.25) is 0 Å². The van der Waals surface area contributed by atoms with Crippen molar-refractivity contribution >= 4 is 0 Å². The number of nitrogens with two attached hydrogens (primary N) is 1. The van der Waals surface area contributed by atoms with Gasteiger partial charge >= 0.3 is 0 Å². The minimum absolute atomic E-state index is 0.0683. The molecule has 3 heteroatoms. The predicted molar refractivity (Wildman–Crippen MR) is 78.8 cm³/mol. The van der Waals surface area contributed by atoms with Gasteiger partial charge in [-0.1, -0.05) is 29.8 Å². The molecule has 0 saturated carbocycles. The summed E-state index contributed by atoms with van der Waals surface area (Å²) in [6, 6.07) is 8.47. The first-order valence-corrected chi connectivity index (χ1v) is 6.49. The first-order chi connectivity index (χ1) is 9.02. The highest BCUT2D eigenvalue weighted by Crippen LogP contribution is 2.26. The first-order valence-electron chi connectivity index (χ1n) is 6.49. The molecule has 0 amide bonds. The zero-order valence-electron chi connectivity index (χ0n) is 12.0. The molecular weight excluding hydrogens is 234 g/mol. The minimum Gasteiger partial charge on any atom is -0.271 e. The molecular formula is C16H21N3. The number of nitrogens with zero attached hydrogens (tertiary/aromatic N) is 1. The fourth-order valence-electron chi connectivity index (χ4n) is 2.49. The van der Waals surface area contributed by atoms with E-state index in [-0.39, 0.29) is 6.04 Å². The molecule has 3 nitrogen and oxygen atoms in total. The number of aromatic nitrogens is 1. The van der Waals surface area contributed by atoms with Crippen LogP contribution in [0.4, 0.5) is 0 Å². The van der Waals surface area contributed by atoms with Crippen LogP contribution in [0.2, 0.25) is 0 Å². The van der Waals surface area contributed by atoms with Crippen molar-refractivity contribution in [1.29, 1.82) is 0 Å². The van der Waals surface area contributed by atoms with E-state index in [1.54, 1.807) is 0 Å². The van der Waals surface area contributed by atoms with Crippen molar-refractivity contribution in [3.8, 4) is 0 Å². The lowest BCUT2D eigenvalue weighted by atomic mass is 9.95. The second kappa shape index (κ2) is 5.51. The molecule has 19 heavy (non-hydrogen) atoms. The van der Waals surface area contributed by atoms with Crippen LogP contribution in [0.1, 0.15) is 39.6 Å². The van der Waals surface area contributed by atoms with E-state index in [0.717, 1.165) is 16.8 Å². The molecule has 0 aliphatic rings. The molecule has 2 rings (SSSR count). The smallest absolute Gasteiger partial charge is 0.0886 e. The Bertz CT molecular complexity index is 539. The highest BCUT2D eigenvalue weighted by Gasteiger charge is 2.18. The molecule has 1 aromatic heterocycles. The lowest BCUT2D eigenvalue weighted by Crippen LogP contribution is -2.30. The third-order valence-electron chi connectivity index (χ3n) is 3.43. The van der Waals surface area contributed by atoms with E-state index in [4.69, 9.17) is 5.84 Å². The van der Waals surface area contributed by atoms with E-state index in [0.29, 0.717) is 0 Å². The van der Waals surface area contributed by atoms with Gasteiger partial charge in [-0.2, -0.15) is 0 Å². The van der Waals surface area contributed by atoms with Crippen LogP contribution < -0.4 is 11.3 Å². The SMILES string of the molecule is Cc1ccc(C(NN)c2ncc(C)cc2C)c(C)c1. The fourth-order valence-corrected chi connectivity index (χ4v) is 2.49. The van der Waals surface area contributed by atoms with Gasteiger partial charge in [-0.05, 0) is 49.9 Å². The number of hydrogen-bond acceptors (Lipinski definition) is 3. The van der Waals surface area contributed by atoms with Crippen molar-refractivity contribution in [2.24, 2.45) is 5.84 Å². The van der Waals surface area contributed by atoms with Crippen molar-refractivity contribution in [2.45, 2.75) is 33.7 Å². The Morgan fingerprint density at radius 1 is 1.00 bits per heavy atom. The summed E-state index contributed by atoms with van der Waals surface area (Å²) in [5.41, 5.74) is 9.85. The summed E-state index contributed by atoms with van der Waals surface area (Å²) in [6.45, 7) is 8.32. The Balaban J connectivity index is 2.50. The van der Waals surface area contributed by atoms with Crippen molar-refractivity contribution in [3.63, 3.8) is 0 Å². The van der Waals surface area contributed by atoms with Gasteiger partial charge in [-0.25, -0.2) is 5.43 Å². The average molecular weight is 255 g/mol. The van der Waals surface area contributed by atoms with Crippen molar-refractivity contribution in [1.82, 2.24) is 10.4 Å². The van der Waals surface area contributed by atoms with E-state index >= 15 is 0 Å². The highest BCUT2D eigenvalue weighted by molar-refractivity contribution is 5.39. The topological polar surface area (TPSA) is 50.9 Å². The van der Waals surface area contributed by atoms with Gasteiger partial charge in [0.15, 0.2) is 0 Å². The Morgan fingerprint density at radius 3 is 2.26 bits per heavy atom. The largest absolute Gasteiger partial charge is 0.271 e. The quantitative estimate of drug-likeness (QED) is 0.655. The third-order valence-corrected chi connectivity index (χ3v) is 3.43. The zero-order chi connectivity index (χ0) is 14.0. The van der Waals surface area contributed by atoms with Gasteiger partial charge in [-0.3, -0.25) is 10.8 Å². The van der Waals surface area contributed by atoms with Crippen molar-refractivity contribution in [3.05, 3.63) is 64.0 Å². The molecule has 0 fully saturated rings. The second-order valence-electron chi connectivity index (χ2n) is 5.17. The number of rotatable bonds is 3. The summed E-state index contributed by atoms with van der Waals surface area (Å²) < 4.78 is 0. The predicted octanol–water partition coefficient (Wildman–Crippen LogP) is 2.87. The molecule has 0 aliphatic heterocycles. The van der Waals surface area contributed by atoms with E-state index in [1.807, 2.05) is 13.1 Å². The molecule has 0 saturated heterocycles. The Morgan fingerprint density at radius 2 is 1.68 bits per heavy atom. The molecule has 100 valence electrons. The standard InChI is InChI=1S/C16H21N3/c1-10-5-6-14(12(3)7-10)16(19-17)15-13(4)8-11(2)9-18-15/h5-9,16,19H,17H2,1-4H3. The summed E-state index contributed by atoms with van der Waals surface area (Å²) in [6.07, 6.45) is 1.89. The molecule has 1 atom stereocenters. The molecule has 1 unspecified atom stereocenters. The Hall–Kier alpha value is -1.71. The van der Waals surface area contributed by atoms with Gasteiger partial charge < -0.3 is 0 Å². The molecule has 0 spiro atoms. The van der Waals surface area contributed by atoms with Crippen LogP contribution in [-0.4, -0.2) is 4.98 Å². The minimum atomic E-state index is -0.0683. The van der Waals surface area contributed by atoms with Crippen LogP contribution in [-0.2, 0) is 0 Å². The van der Waals surface area contributed by atoms with Crippen molar-refractivity contribution in [2.75, 3.05) is 0 Å². The average Bonchev–Trinajstić information content (AvgIpc) is 2.34. The van der Waals surface area contributed by atoms with Crippen LogP contribution in [0.5, 0.6) is 0 Å². The molecule has 0 aliphatic carbocycles. The summed E-state index contributed by atoms with van der Waals surface area (Å²) in [5, 5.41) is 0. The second-order valence-corrected chi connectivity index (χ2v) is 5.17. The van der Waals surface area contributed by atoms with Crippen LogP contribution in [0.25, 0.3) is 0 Å². The van der Waals surface area contributed by atoms with Gasteiger partial charge in [0.1, 0.15) is 0 Å². The summed E-state index contributed by atoms with van der Waals surface area (Å²) in [5.74, 6) is 5.76. The number of pyridine rings is 1. The lowest BCUT2D eigenvalue weighted by Gasteiger charge is -2.20. The van der Waals surface area contributed by atoms with Crippen LogP contribution in [0.3, 0.4) is 0 Å². The Kier molecular flexibility index (Phi) is 3.98. The van der Waals surface area contributed by atoms with Crippen molar-refractivity contribution < 1.29 is 0 Å². The molecule has 2 aromatic rings. The number of hydrazine groups is 1. The van der Waals surface area contributed by atoms with Gasteiger partial charge in [0.05, 0.1) is 11.7 Å². The van der Waals surface area contributed by atoms with Gasteiger partial charge in [0.25, 0.3) is 0 Å².